The molecular weight excluding hydrogens is 588 g/mol. The van der Waals surface area contributed by atoms with Crippen molar-refractivity contribution in [2.24, 2.45) is 15.7 Å². The van der Waals surface area contributed by atoms with E-state index in [0.29, 0.717) is 30.6 Å². The minimum Gasteiger partial charge on any atom is -0.494 e. The second-order valence-corrected chi connectivity index (χ2v) is 10.9. The number of nitrogens with zero attached hydrogens (tertiary/aromatic N) is 2. The quantitative estimate of drug-likeness (QED) is 0.103. The normalized spacial score (nSPS) is 13.3. The van der Waals surface area contributed by atoms with Gasteiger partial charge in [-0.25, -0.2) is 14.8 Å². The Hall–Kier alpha value is -5.73. The zero-order valence-electron chi connectivity index (χ0n) is 26.2. The molecular formula is C39H36N4O4. The van der Waals surface area contributed by atoms with E-state index in [1.54, 1.807) is 0 Å². The molecule has 1 aromatic heterocycles. The van der Waals surface area contributed by atoms with Crippen LogP contribution in [0.5, 0.6) is 11.5 Å². The van der Waals surface area contributed by atoms with Crippen LogP contribution in [0.1, 0.15) is 24.0 Å². The molecule has 47 heavy (non-hydrogen) atoms. The van der Waals surface area contributed by atoms with Gasteiger partial charge in [0.05, 0.1) is 19.4 Å². The van der Waals surface area contributed by atoms with Gasteiger partial charge in [-0.2, -0.15) is 0 Å². The average molecular weight is 625 g/mol. The summed E-state index contributed by atoms with van der Waals surface area (Å²) in [5.74, 6) is 2.23. The van der Waals surface area contributed by atoms with E-state index in [0.717, 1.165) is 63.4 Å². The van der Waals surface area contributed by atoms with Gasteiger partial charge in [0.25, 0.3) is 0 Å². The van der Waals surface area contributed by atoms with E-state index in [1.165, 1.54) is 7.11 Å². The van der Waals surface area contributed by atoms with Crippen LogP contribution in [0.15, 0.2) is 131 Å². The first-order valence-electron chi connectivity index (χ1n) is 15.6. The Labute approximate surface area is 274 Å². The summed E-state index contributed by atoms with van der Waals surface area (Å²) in [6.45, 7) is 1.15. The maximum Gasteiger partial charge on any atom is 0.343 e. The molecule has 1 aliphatic heterocycles. The maximum absolute atomic E-state index is 11.5. The summed E-state index contributed by atoms with van der Waals surface area (Å²) in [5, 5.41) is 0. The number of rotatable bonds is 13. The van der Waals surface area contributed by atoms with Crippen molar-refractivity contribution >= 4 is 28.9 Å². The number of aromatic nitrogens is 1. The number of esters is 1. The third kappa shape index (κ3) is 7.74. The number of ether oxygens (including phenoxy) is 3. The first-order chi connectivity index (χ1) is 23.1. The second-order valence-electron chi connectivity index (χ2n) is 10.9. The number of nitrogens with one attached hydrogen (secondary N) is 1. The summed E-state index contributed by atoms with van der Waals surface area (Å²) in [5.41, 5.74) is 13.2. The standard InChI is InChI=1S/C39H36N4O4/c1-45-37(44)26-47-32-18-14-28(15-19-32)34-25-35(29-12-6-3-7-13-29)41-39(34)43-38-33(27-10-4-2-5-11-27)24-36(42-38)30-16-20-31(21-17-30)46-23-9-8-22-40/h2-7,10-21,24-25,42H,8-9,22-23,26,40H2,1H3/b43-39-. The third-order valence-corrected chi connectivity index (χ3v) is 7.70. The molecule has 0 saturated carbocycles. The fourth-order valence-electron chi connectivity index (χ4n) is 5.19. The summed E-state index contributed by atoms with van der Waals surface area (Å²) in [6.07, 6.45) is 3.92. The van der Waals surface area contributed by atoms with Crippen LogP contribution in [0, 0.1) is 0 Å². The largest absolute Gasteiger partial charge is 0.494 e. The van der Waals surface area contributed by atoms with Crippen molar-refractivity contribution in [2.45, 2.75) is 12.8 Å². The number of methoxy groups -OCH3 is 1. The van der Waals surface area contributed by atoms with Crippen LogP contribution in [0.25, 0.3) is 28.0 Å². The van der Waals surface area contributed by atoms with Gasteiger partial charge >= 0.3 is 5.97 Å². The van der Waals surface area contributed by atoms with Gasteiger partial charge in [-0.05, 0) is 84.6 Å². The highest BCUT2D eigenvalue weighted by Crippen LogP contribution is 2.37. The molecule has 0 amide bonds. The number of carbonyl (C=O) groups excluding carboxylic acids is 1. The van der Waals surface area contributed by atoms with Crippen molar-refractivity contribution in [3.8, 4) is 33.9 Å². The summed E-state index contributed by atoms with van der Waals surface area (Å²) in [7, 11) is 1.33. The molecule has 0 radical (unpaired) electrons. The predicted molar refractivity (Wildman–Crippen MR) is 187 cm³/mol. The molecule has 8 nitrogen and oxygen atoms in total. The van der Waals surface area contributed by atoms with Crippen LogP contribution >= 0.6 is 0 Å². The summed E-state index contributed by atoms with van der Waals surface area (Å²) in [4.78, 5) is 25.3. The van der Waals surface area contributed by atoms with Gasteiger partial charge in [0.2, 0.25) is 0 Å². The number of benzene rings is 4. The van der Waals surface area contributed by atoms with Crippen LogP contribution in [0.2, 0.25) is 0 Å². The number of carbonyl (C=O) groups is 1. The fourth-order valence-corrected chi connectivity index (χ4v) is 5.19. The Bertz CT molecular complexity index is 1890. The Balaban J connectivity index is 1.36. The molecule has 5 aromatic rings. The number of H-pyrrole nitrogens is 1. The summed E-state index contributed by atoms with van der Waals surface area (Å²) < 4.78 is 16.1. The summed E-state index contributed by atoms with van der Waals surface area (Å²) >= 11 is 0. The molecule has 0 saturated heterocycles. The Kier molecular flexibility index (Phi) is 10.00. The third-order valence-electron chi connectivity index (χ3n) is 7.70. The zero-order valence-corrected chi connectivity index (χ0v) is 26.2. The lowest BCUT2D eigenvalue weighted by Crippen LogP contribution is -2.12. The van der Waals surface area contributed by atoms with Crippen LogP contribution in [0.3, 0.4) is 0 Å². The molecule has 8 heteroatoms. The molecule has 0 aliphatic carbocycles. The number of amidine groups is 1. The molecule has 0 bridgehead atoms. The van der Waals surface area contributed by atoms with Crippen molar-refractivity contribution in [1.82, 2.24) is 4.98 Å². The minimum absolute atomic E-state index is 0.158. The SMILES string of the molecule is COC(=O)COc1ccc(C2=CC(c3ccccc3)=N/C2=N\c2[nH]c(-c3ccc(OCCCCN)cc3)cc2-c2ccccc2)cc1. The van der Waals surface area contributed by atoms with E-state index in [1.807, 2.05) is 97.1 Å². The van der Waals surface area contributed by atoms with Gasteiger partial charge in [-0.15, -0.1) is 0 Å². The Morgan fingerprint density at radius 1 is 0.766 bits per heavy atom. The predicted octanol–water partition coefficient (Wildman–Crippen LogP) is 7.63. The first-order valence-corrected chi connectivity index (χ1v) is 15.6. The molecule has 2 heterocycles. The van der Waals surface area contributed by atoms with Gasteiger partial charge in [-0.1, -0.05) is 72.8 Å². The van der Waals surface area contributed by atoms with Crippen LogP contribution in [0.4, 0.5) is 5.82 Å². The molecule has 0 spiro atoms. The van der Waals surface area contributed by atoms with E-state index in [2.05, 4.69) is 34.0 Å². The van der Waals surface area contributed by atoms with E-state index in [-0.39, 0.29) is 6.61 Å². The maximum atomic E-state index is 11.5. The molecule has 3 N–H and O–H groups in total. The van der Waals surface area contributed by atoms with E-state index in [9.17, 15) is 4.79 Å². The highest BCUT2D eigenvalue weighted by molar-refractivity contribution is 6.38. The fraction of sp³-hybridized carbons (Fsp3) is 0.154. The average Bonchev–Trinajstić information content (AvgIpc) is 3.75. The number of aromatic amines is 1. The number of aliphatic imine (C=N–C) groups is 2. The molecule has 236 valence electrons. The molecule has 6 rings (SSSR count). The molecule has 0 fully saturated rings. The van der Waals surface area contributed by atoms with Crippen molar-refractivity contribution in [2.75, 3.05) is 26.9 Å². The molecule has 0 unspecified atom stereocenters. The van der Waals surface area contributed by atoms with Crippen molar-refractivity contribution in [3.63, 3.8) is 0 Å². The Morgan fingerprint density at radius 3 is 2.06 bits per heavy atom. The number of hydrogen-bond acceptors (Lipinski definition) is 6. The van der Waals surface area contributed by atoms with Gasteiger partial charge in [-0.3, -0.25) is 0 Å². The number of hydrogen-bond donors (Lipinski definition) is 2. The van der Waals surface area contributed by atoms with Crippen molar-refractivity contribution in [3.05, 3.63) is 132 Å². The smallest absolute Gasteiger partial charge is 0.343 e. The van der Waals surface area contributed by atoms with E-state index < -0.39 is 5.97 Å². The summed E-state index contributed by atoms with van der Waals surface area (Å²) in [6, 6.07) is 38.0. The van der Waals surface area contributed by atoms with Gasteiger partial charge in [0.15, 0.2) is 12.4 Å². The van der Waals surface area contributed by atoms with Gasteiger partial charge < -0.3 is 24.9 Å². The van der Waals surface area contributed by atoms with Crippen molar-refractivity contribution < 1.29 is 19.0 Å². The van der Waals surface area contributed by atoms with Gasteiger partial charge in [0, 0.05) is 22.4 Å². The topological polar surface area (TPSA) is 111 Å². The van der Waals surface area contributed by atoms with Crippen LogP contribution < -0.4 is 15.2 Å². The second kappa shape index (κ2) is 15.0. The zero-order chi connectivity index (χ0) is 32.4. The van der Waals surface area contributed by atoms with Gasteiger partial charge in [0.1, 0.15) is 17.3 Å². The number of unbranched alkanes of at least 4 members (excludes halogenated alkanes) is 1. The Morgan fingerprint density at radius 2 is 1.40 bits per heavy atom. The van der Waals surface area contributed by atoms with Crippen LogP contribution in [-0.4, -0.2) is 49.4 Å². The first kappa shape index (κ1) is 31.3. The monoisotopic (exact) mass is 624 g/mol. The lowest BCUT2D eigenvalue weighted by Gasteiger charge is -2.08. The minimum atomic E-state index is -0.440. The molecule has 0 atom stereocenters. The number of nitrogens with two attached hydrogens (primary N) is 1. The highest BCUT2D eigenvalue weighted by atomic mass is 16.6. The highest BCUT2D eigenvalue weighted by Gasteiger charge is 2.21. The molecule has 1 aliphatic rings. The van der Waals surface area contributed by atoms with E-state index in [4.69, 9.17) is 25.2 Å². The van der Waals surface area contributed by atoms with Crippen LogP contribution in [-0.2, 0) is 9.53 Å². The molecule has 4 aromatic carbocycles. The van der Waals surface area contributed by atoms with E-state index >= 15 is 0 Å². The lowest BCUT2D eigenvalue weighted by atomic mass is 10.0. The lowest BCUT2D eigenvalue weighted by molar-refractivity contribution is -0.142. The number of allylic oxidation sites excluding steroid dienone is 1. The van der Waals surface area contributed by atoms with Crippen molar-refractivity contribution in [1.29, 1.82) is 0 Å².